The van der Waals surface area contributed by atoms with Crippen LogP contribution in [0, 0.1) is 0 Å². The minimum Gasteiger partial charge on any atom is -0.313 e. The molecule has 0 amide bonds. The van der Waals surface area contributed by atoms with Crippen LogP contribution in [0.2, 0.25) is 0 Å². The smallest absolute Gasteiger partial charge is 0.0705 e. The van der Waals surface area contributed by atoms with E-state index in [-0.39, 0.29) is 0 Å². The van der Waals surface area contributed by atoms with Crippen LogP contribution < -0.4 is 5.32 Å². The summed E-state index contributed by atoms with van der Waals surface area (Å²) in [6, 6.07) is 13.1. The van der Waals surface area contributed by atoms with E-state index in [9.17, 15) is 0 Å². The second-order valence-corrected chi connectivity index (χ2v) is 5.34. The molecule has 0 saturated heterocycles. The fraction of sp³-hybridized carbons (Fsp3) is 0.438. The minimum absolute atomic E-state index is 0.548. The fourth-order valence-corrected chi connectivity index (χ4v) is 2.10. The topological polar surface area (TPSA) is 28.2 Å². The largest absolute Gasteiger partial charge is 0.313 e. The van der Waals surface area contributed by atoms with Gasteiger partial charge in [-0.05, 0) is 19.2 Å². The van der Waals surface area contributed by atoms with E-state index in [1.54, 1.807) is 0 Å². The maximum atomic E-state index is 4.70. The van der Waals surface area contributed by atoms with Crippen LogP contribution in [0.4, 0.5) is 0 Å². The fourth-order valence-electron chi connectivity index (χ4n) is 2.10. The molecular formula is C16H23N3. The van der Waals surface area contributed by atoms with Gasteiger partial charge in [0.25, 0.3) is 0 Å². The van der Waals surface area contributed by atoms with Gasteiger partial charge < -0.3 is 5.32 Å². The number of pyridine rings is 1. The molecule has 3 heteroatoms. The first-order chi connectivity index (χ1) is 9.15. The summed E-state index contributed by atoms with van der Waals surface area (Å²) in [6.07, 6.45) is 0. The summed E-state index contributed by atoms with van der Waals surface area (Å²) in [5.41, 5.74) is 2.21. The summed E-state index contributed by atoms with van der Waals surface area (Å²) < 4.78 is 0. The molecule has 0 aliphatic heterocycles. The highest BCUT2D eigenvalue weighted by Gasteiger charge is 2.03. The van der Waals surface area contributed by atoms with Gasteiger partial charge in [0.1, 0.15) is 0 Å². The number of nitrogens with one attached hydrogen (secondary N) is 1. The minimum atomic E-state index is 0.548. The first kappa shape index (κ1) is 14.0. The third-order valence-corrected chi connectivity index (χ3v) is 3.13. The van der Waals surface area contributed by atoms with E-state index in [2.05, 4.69) is 55.4 Å². The van der Waals surface area contributed by atoms with Crippen molar-refractivity contribution in [1.29, 1.82) is 0 Å². The van der Waals surface area contributed by atoms with Gasteiger partial charge in [0.2, 0.25) is 0 Å². The molecule has 0 bridgehead atoms. The SMILES string of the molecule is CC(C)NCCN(C)Cc1ccc2ccccc2n1. The zero-order chi connectivity index (χ0) is 13.7. The Bertz CT molecular complexity index is 522. The Morgan fingerprint density at radius 3 is 2.74 bits per heavy atom. The first-order valence-electron chi connectivity index (χ1n) is 6.92. The van der Waals surface area contributed by atoms with Crippen molar-refractivity contribution in [2.75, 3.05) is 20.1 Å². The highest BCUT2D eigenvalue weighted by Crippen LogP contribution is 2.12. The van der Waals surface area contributed by atoms with Gasteiger partial charge in [-0.25, -0.2) is 0 Å². The lowest BCUT2D eigenvalue weighted by molar-refractivity contribution is 0.317. The third kappa shape index (κ3) is 4.30. The van der Waals surface area contributed by atoms with Crippen LogP contribution in [0.3, 0.4) is 0 Å². The average molecular weight is 257 g/mol. The first-order valence-corrected chi connectivity index (χ1v) is 6.92. The zero-order valence-corrected chi connectivity index (χ0v) is 12.1. The Labute approximate surface area is 115 Å². The summed E-state index contributed by atoms with van der Waals surface area (Å²) in [5.74, 6) is 0. The molecular weight excluding hydrogens is 234 g/mol. The van der Waals surface area contributed by atoms with Crippen molar-refractivity contribution in [3.05, 3.63) is 42.1 Å². The number of para-hydroxylation sites is 1. The van der Waals surface area contributed by atoms with Crippen molar-refractivity contribution < 1.29 is 0 Å². The summed E-state index contributed by atoms with van der Waals surface area (Å²) in [6.45, 7) is 7.29. The number of rotatable bonds is 6. The lowest BCUT2D eigenvalue weighted by Gasteiger charge is -2.17. The predicted octanol–water partition coefficient (Wildman–Crippen LogP) is 2.66. The predicted molar refractivity (Wildman–Crippen MR) is 81.2 cm³/mol. The van der Waals surface area contributed by atoms with Gasteiger partial charge in [-0.2, -0.15) is 0 Å². The van der Waals surface area contributed by atoms with Gasteiger partial charge in [-0.1, -0.05) is 38.1 Å². The van der Waals surface area contributed by atoms with Crippen molar-refractivity contribution in [2.24, 2.45) is 0 Å². The number of hydrogen-bond acceptors (Lipinski definition) is 3. The van der Waals surface area contributed by atoms with E-state index in [0.717, 1.165) is 30.8 Å². The quantitative estimate of drug-likeness (QED) is 0.862. The Kier molecular flexibility index (Phi) is 4.88. The second kappa shape index (κ2) is 6.64. The van der Waals surface area contributed by atoms with Crippen LogP contribution in [0.25, 0.3) is 10.9 Å². The van der Waals surface area contributed by atoms with Gasteiger partial charge in [-0.15, -0.1) is 0 Å². The van der Waals surface area contributed by atoms with E-state index in [0.29, 0.717) is 6.04 Å². The standard InChI is InChI=1S/C16H23N3/c1-13(2)17-10-11-19(3)12-15-9-8-14-6-4-5-7-16(14)18-15/h4-9,13,17H,10-12H2,1-3H3. The normalized spacial score (nSPS) is 11.6. The summed E-state index contributed by atoms with van der Waals surface area (Å²) in [5, 5.41) is 4.63. The molecule has 0 radical (unpaired) electrons. The van der Waals surface area contributed by atoms with Crippen LogP contribution >= 0.6 is 0 Å². The molecule has 0 fully saturated rings. The molecule has 1 N–H and O–H groups in total. The molecule has 0 atom stereocenters. The van der Waals surface area contributed by atoms with E-state index >= 15 is 0 Å². The van der Waals surface area contributed by atoms with E-state index < -0.39 is 0 Å². The Hall–Kier alpha value is -1.45. The number of likely N-dealkylation sites (N-methyl/N-ethyl adjacent to an activating group) is 1. The number of nitrogens with zero attached hydrogens (tertiary/aromatic N) is 2. The van der Waals surface area contributed by atoms with Crippen LogP contribution in [-0.2, 0) is 6.54 Å². The summed E-state index contributed by atoms with van der Waals surface area (Å²) in [7, 11) is 2.14. The molecule has 2 aromatic rings. The zero-order valence-electron chi connectivity index (χ0n) is 12.1. The van der Waals surface area contributed by atoms with Crippen LogP contribution in [0.1, 0.15) is 19.5 Å². The number of benzene rings is 1. The Morgan fingerprint density at radius 1 is 1.16 bits per heavy atom. The van der Waals surface area contributed by atoms with Crippen LogP contribution in [-0.4, -0.2) is 36.1 Å². The van der Waals surface area contributed by atoms with Gasteiger partial charge in [0.15, 0.2) is 0 Å². The molecule has 102 valence electrons. The van der Waals surface area contributed by atoms with Crippen LogP contribution in [0.5, 0.6) is 0 Å². The maximum Gasteiger partial charge on any atom is 0.0705 e. The molecule has 0 saturated carbocycles. The van der Waals surface area contributed by atoms with Gasteiger partial charge >= 0.3 is 0 Å². The molecule has 0 unspecified atom stereocenters. The van der Waals surface area contributed by atoms with Crippen molar-refractivity contribution in [3.8, 4) is 0 Å². The Balaban J connectivity index is 1.93. The number of aromatic nitrogens is 1. The van der Waals surface area contributed by atoms with Crippen molar-refractivity contribution in [3.63, 3.8) is 0 Å². The van der Waals surface area contributed by atoms with E-state index in [1.807, 2.05) is 12.1 Å². The highest BCUT2D eigenvalue weighted by molar-refractivity contribution is 5.78. The Morgan fingerprint density at radius 2 is 1.95 bits per heavy atom. The van der Waals surface area contributed by atoms with Gasteiger partial charge in [0.05, 0.1) is 11.2 Å². The van der Waals surface area contributed by atoms with Crippen molar-refractivity contribution in [2.45, 2.75) is 26.4 Å². The van der Waals surface area contributed by atoms with E-state index in [4.69, 9.17) is 4.98 Å². The number of fused-ring (bicyclic) bond motifs is 1. The third-order valence-electron chi connectivity index (χ3n) is 3.13. The van der Waals surface area contributed by atoms with E-state index in [1.165, 1.54) is 5.39 Å². The average Bonchev–Trinajstić information content (AvgIpc) is 2.38. The highest BCUT2D eigenvalue weighted by atomic mass is 15.1. The maximum absolute atomic E-state index is 4.70. The molecule has 0 aliphatic rings. The molecule has 1 aromatic carbocycles. The molecule has 0 spiro atoms. The molecule has 1 aromatic heterocycles. The monoisotopic (exact) mass is 257 g/mol. The lowest BCUT2D eigenvalue weighted by atomic mass is 10.2. The lowest BCUT2D eigenvalue weighted by Crippen LogP contribution is -2.32. The summed E-state index contributed by atoms with van der Waals surface area (Å²) in [4.78, 5) is 6.99. The van der Waals surface area contributed by atoms with Crippen LogP contribution in [0.15, 0.2) is 36.4 Å². The molecule has 0 aliphatic carbocycles. The van der Waals surface area contributed by atoms with Crippen molar-refractivity contribution >= 4 is 10.9 Å². The molecule has 3 nitrogen and oxygen atoms in total. The van der Waals surface area contributed by atoms with Crippen molar-refractivity contribution in [1.82, 2.24) is 15.2 Å². The molecule has 2 rings (SSSR count). The summed E-state index contributed by atoms with van der Waals surface area (Å²) >= 11 is 0. The van der Waals surface area contributed by atoms with Gasteiger partial charge in [-0.3, -0.25) is 9.88 Å². The number of hydrogen-bond donors (Lipinski definition) is 1. The molecule has 1 heterocycles. The second-order valence-electron chi connectivity index (χ2n) is 5.34. The van der Waals surface area contributed by atoms with Gasteiger partial charge in [0, 0.05) is 31.1 Å². The molecule has 19 heavy (non-hydrogen) atoms.